The maximum absolute atomic E-state index is 5.70. The molecule has 1 aromatic heterocycles. The highest BCUT2D eigenvalue weighted by Crippen LogP contribution is 2.25. The number of nitrogens with zero attached hydrogens (tertiary/aromatic N) is 1. The fraction of sp³-hybridized carbons (Fsp3) is 0.583. The quantitative estimate of drug-likeness (QED) is 0.824. The van der Waals surface area contributed by atoms with Crippen LogP contribution in [0.1, 0.15) is 25.5 Å². The number of ether oxygens (including phenoxy) is 1. The van der Waals surface area contributed by atoms with E-state index in [-0.39, 0.29) is 5.60 Å². The number of hydrogen-bond acceptors (Lipinski definition) is 3. The predicted octanol–water partition coefficient (Wildman–Crippen LogP) is 2.37. The van der Waals surface area contributed by atoms with Gasteiger partial charge in [0.25, 0.3) is 0 Å². The van der Waals surface area contributed by atoms with Crippen LogP contribution in [0.15, 0.2) is 18.2 Å². The zero-order chi connectivity index (χ0) is 10.7. The first-order valence-corrected chi connectivity index (χ1v) is 5.49. The summed E-state index contributed by atoms with van der Waals surface area (Å²) in [6.07, 6.45) is 2.30. The lowest BCUT2D eigenvalue weighted by Gasteiger charge is -2.23. The van der Waals surface area contributed by atoms with Crippen molar-refractivity contribution in [3.63, 3.8) is 0 Å². The van der Waals surface area contributed by atoms with Crippen LogP contribution in [-0.4, -0.2) is 23.7 Å². The summed E-state index contributed by atoms with van der Waals surface area (Å²) in [5, 5.41) is 3.33. The molecule has 1 atom stereocenters. The van der Waals surface area contributed by atoms with E-state index in [0.29, 0.717) is 0 Å². The first-order chi connectivity index (χ1) is 7.18. The minimum Gasteiger partial charge on any atom is -0.373 e. The normalized spacial score (nSPS) is 25.5. The molecule has 0 saturated carbocycles. The largest absolute Gasteiger partial charge is 0.373 e. The fourth-order valence-corrected chi connectivity index (χ4v) is 1.90. The standard InChI is InChI=1S/C12H18N2O/c1-10-5-3-6-11(14-10)13-9-12(2)7-4-8-15-12/h3,5-6H,4,7-9H2,1-2H3,(H,13,14). The summed E-state index contributed by atoms with van der Waals surface area (Å²) in [4.78, 5) is 4.40. The van der Waals surface area contributed by atoms with E-state index in [1.165, 1.54) is 6.42 Å². The molecule has 15 heavy (non-hydrogen) atoms. The van der Waals surface area contributed by atoms with Gasteiger partial charge in [0.1, 0.15) is 5.82 Å². The van der Waals surface area contributed by atoms with Crippen molar-refractivity contribution in [2.45, 2.75) is 32.3 Å². The van der Waals surface area contributed by atoms with Crippen LogP contribution in [0.3, 0.4) is 0 Å². The van der Waals surface area contributed by atoms with Crippen molar-refractivity contribution >= 4 is 5.82 Å². The van der Waals surface area contributed by atoms with Gasteiger partial charge in [-0.05, 0) is 38.8 Å². The van der Waals surface area contributed by atoms with Gasteiger partial charge in [-0.25, -0.2) is 4.98 Å². The lowest BCUT2D eigenvalue weighted by molar-refractivity contribution is 0.0315. The van der Waals surface area contributed by atoms with E-state index in [9.17, 15) is 0 Å². The summed E-state index contributed by atoms with van der Waals surface area (Å²) in [7, 11) is 0. The molecule has 0 aromatic carbocycles. The van der Waals surface area contributed by atoms with Crippen molar-refractivity contribution in [3.8, 4) is 0 Å². The van der Waals surface area contributed by atoms with Crippen LogP contribution in [-0.2, 0) is 4.74 Å². The molecule has 1 aliphatic heterocycles. The van der Waals surface area contributed by atoms with Gasteiger partial charge in [0.2, 0.25) is 0 Å². The molecule has 1 N–H and O–H groups in total. The summed E-state index contributed by atoms with van der Waals surface area (Å²) in [6.45, 7) is 5.88. The first kappa shape index (κ1) is 10.4. The molecular weight excluding hydrogens is 188 g/mol. The third-order valence-corrected chi connectivity index (χ3v) is 2.83. The molecule has 2 heterocycles. The number of anilines is 1. The monoisotopic (exact) mass is 206 g/mol. The second-order valence-corrected chi connectivity index (χ2v) is 4.42. The number of rotatable bonds is 3. The first-order valence-electron chi connectivity index (χ1n) is 5.49. The van der Waals surface area contributed by atoms with Gasteiger partial charge in [-0.2, -0.15) is 0 Å². The summed E-state index contributed by atoms with van der Waals surface area (Å²) in [6, 6.07) is 6.01. The molecule has 0 aliphatic carbocycles. The number of aryl methyl sites for hydroxylation is 1. The van der Waals surface area contributed by atoms with Gasteiger partial charge in [-0.15, -0.1) is 0 Å². The molecule has 1 aliphatic rings. The lowest BCUT2D eigenvalue weighted by atomic mass is 10.0. The molecule has 1 aromatic rings. The van der Waals surface area contributed by atoms with Crippen molar-refractivity contribution < 1.29 is 4.74 Å². The summed E-state index contributed by atoms with van der Waals surface area (Å²) in [5.74, 6) is 0.937. The minimum atomic E-state index is -0.00851. The zero-order valence-electron chi connectivity index (χ0n) is 9.42. The van der Waals surface area contributed by atoms with Crippen molar-refractivity contribution in [2.24, 2.45) is 0 Å². The van der Waals surface area contributed by atoms with Crippen LogP contribution < -0.4 is 5.32 Å². The fourth-order valence-electron chi connectivity index (χ4n) is 1.90. The summed E-state index contributed by atoms with van der Waals surface area (Å²) >= 11 is 0. The average molecular weight is 206 g/mol. The number of pyridine rings is 1. The molecule has 0 spiro atoms. The van der Waals surface area contributed by atoms with E-state index in [1.807, 2.05) is 25.1 Å². The second-order valence-electron chi connectivity index (χ2n) is 4.42. The second kappa shape index (κ2) is 4.19. The smallest absolute Gasteiger partial charge is 0.126 e. The molecule has 3 heteroatoms. The summed E-state index contributed by atoms with van der Waals surface area (Å²) in [5.41, 5.74) is 1.03. The molecule has 0 radical (unpaired) electrons. The SMILES string of the molecule is Cc1cccc(NCC2(C)CCCO2)n1. The zero-order valence-corrected chi connectivity index (χ0v) is 9.42. The number of hydrogen-bond donors (Lipinski definition) is 1. The molecule has 0 amide bonds. The molecular formula is C12H18N2O. The third kappa shape index (κ3) is 2.69. The highest BCUT2D eigenvalue weighted by molar-refractivity contribution is 5.35. The van der Waals surface area contributed by atoms with E-state index < -0.39 is 0 Å². The Morgan fingerprint density at radius 2 is 2.40 bits per heavy atom. The van der Waals surface area contributed by atoms with E-state index in [1.54, 1.807) is 0 Å². The van der Waals surface area contributed by atoms with Gasteiger partial charge in [0, 0.05) is 18.8 Å². The molecule has 1 unspecified atom stereocenters. The van der Waals surface area contributed by atoms with Crippen molar-refractivity contribution in [3.05, 3.63) is 23.9 Å². The van der Waals surface area contributed by atoms with Gasteiger partial charge in [-0.1, -0.05) is 6.07 Å². The molecule has 2 rings (SSSR count). The van der Waals surface area contributed by atoms with Crippen molar-refractivity contribution in [2.75, 3.05) is 18.5 Å². The Labute approximate surface area is 90.9 Å². The van der Waals surface area contributed by atoms with Crippen LogP contribution in [0.2, 0.25) is 0 Å². The van der Waals surface area contributed by atoms with E-state index >= 15 is 0 Å². The number of nitrogens with one attached hydrogen (secondary N) is 1. The van der Waals surface area contributed by atoms with Crippen molar-refractivity contribution in [1.29, 1.82) is 0 Å². The molecule has 1 fully saturated rings. The maximum Gasteiger partial charge on any atom is 0.126 e. The Morgan fingerprint density at radius 3 is 3.07 bits per heavy atom. The van der Waals surface area contributed by atoms with Gasteiger partial charge in [-0.3, -0.25) is 0 Å². The van der Waals surface area contributed by atoms with Gasteiger partial charge < -0.3 is 10.1 Å². The van der Waals surface area contributed by atoms with Crippen LogP contribution in [0, 0.1) is 6.92 Å². The molecule has 82 valence electrons. The summed E-state index contributed by atoms with van der Waals surface area (Å²) < 4.78 is 5.70. The minimum absolute atomic E-state index is 0.00851. The highest BCUT2D eigenvalue weighted by atomic mass is 16.5. The topological polar surface area (TPSA) is 34.1 Å². The van der Waals surface area contributed by atoms with Gasteiger partial charge in [0.15, 0.2) is 0 Å². The Hall–Kier alpha value is -1.09. The number of aromatic nitrogens is 1. The predicted molar refractivity (Wildman–Crippen MR) is 61.1 cm³/mol. The third-order valence-electron chi connectivity index (χ3n) is 2.83. The van der Waals surface area contributed by atoms with Crippen LogP contribution >= 0.6 is 0 Å². The van der Waals surface area contributed by atoms with Gasteiger partial charge >= 0.3 is 0 Å². The highest BCUT2D eigenvalue weighted by Gasteiger charge is 2.29. The average Bonchev–Trinajstić information content (AvgIpc) is 2.63. The van der Waals surface area contributed by atoms with Crippen LogP contribution in [0.25, 0.3) is 0 Å². The molecule has 0 bridgehead atoms. The van der Waals surface area contributed by atoms with E-state index in [0.717, 1.165) is 31.1 Å². The van der Waals surface area contributed by atoms with Gasteiger partial charge in [0.05, 0.1) is 5.60 Å². The van der Waals surface area contributed by atoms with Crippen molar-refractivity contribution in [1.82, 2.24) is 4.98 Å². The maximum atomic E-state index is 5.70. The lowest BCUT2D eigenvalue weighted by Crippen LogP contribution is -2.32. The van der Waals surface area contributed by atoms with E-state index in [4.69, 9.17) is 4.74 Å². The Morgan fingerprint density at radius 1 is 1.53 bits per heavy atom. The Balaban J connectivity index is 1.92. The molecule has 1 saturated heterocycles. The van der Waals surface area contributed by atoms with E-state index in [2.05, 4.69) is 17.2 Å². The van der Waals surface area contributed by atoms with Crippen LogP contribution in [0.5, 0.6) is 0 Å². The van der Waals surface area contributed by atoms with Crippen LogP contribution in [0.4, 0.5) is 5.82 Å². The Kier molecular flexibility index (Phi) is 2.91. The Bertz CT molecular complexity index is 332. The molecule has 3 nitrogen and oxygen atoms in total.